The number of carbonyl (C=O) groups is 2. The first-order valence-electron chi connectivity index (χ1n) is 9.10. The fraction of sp³-hybridized carbons (Fsp3) is 0.889. The van der Waals surface area contributed by atoms with Gasteiger partial charge < -0.3 is 24.6 Å². The van der Waals surface area contributed by atoms with Gasteiger partial charge in [-0.05, 0) is 54.4 Å². The van der Waals surface area contributed by atoms with Gasteiger partial charge in [0.25, 0.3) is 0 Å². The number of nitrogens with one attached hydrogen (secondary N) is 1. The summed E-state index contributed by atoms with van der Waals surface area (Å²) in [5.74, 6) is 0. The molecule has 0 saturated carbocycles. The third-order valence-electron chi connectivity index (χ3n) is 4.40. The van der Waals surface area contributed by atoms with Crippen molar-refractivity contribution in [2.24, 2.45) is 0 Å². The fourth-order valence-electron chi connectivity index (χ4n) is 3.22. The number of hydrogen-bond acceptors (Lipinski definition) is 5. The molecule has 0 aromatic rings. The molecule has 25 heavy (non-hydrogen) atoms. The number of piperidine rings is 1. The Labute approximate surface area is 151 Å². The molecule has 1 N–H and O–H groups in total. The van der Waals surface area contributed by atoms with Crippen molar-refractivity contribution < 1.29 is 19.1 Å². The van der Waals surface area contributed by atoms with Crippen LogP contribution in [-0.4, -0.2) is 71.5 Å². The summed E-state index contributed by atoms with van der Waals surface area (Å²) in [5.41, 5.74) is -1.12. The summed E-state index contributed by atoms with van der Waals surface area (Å²) < 4.78 is 10.9. The predicted octanol–water partition coefficient (Wildman–Crippen LogP) is 2.60. The summed E-state index contributed by atoms with van der Waals surface area (Å²) in [4.78, 5) is 28.1. The zero-order chi connectivity index (χ0) is 18.9. The molecule has 7 nitrogen and oxygen atoms in total. The molecule has 2 rings (SSSR count). The number of nitrogens with zero attached hydrogens (tertiary/aromatic N) is 2. The summed E-state index contributed by atoms with van der Waals surface area (Å²) in [6, 6.07) is 0. The van der Waals surface area contributed by atoms with Crippen LogP contribution in [0.2, 0.25) is 0 Å². The van der Waals surface area contributed by atoms with Crippen LogP contribution in [0.15, 0.2) is 0 Å². The van der Waals surface area contributed by atoms with E-state index in [1.165, 1.54) is 0 Å². The summed E-state index contributed by atoms with van der Waals surface area (Å²) in [5, 5.41) is 3.56. The molecule has 7 heteroatoms. The van der Waals surface area contributed by atoms with Crippen LogP contribution >= 0.6 is 0 Å². The highest BCUT2D eigenvalue weighted by molar-refractivity contribution is 5.69. The van der Waals surface area contributed by atoms with E-state index in [4.69, 9.17) is 9.47 Å². The largest absolute Gasteiger partial charge is 0.444 e. The highest BCUT2D eigenvalue weighted by Crippen LogP contribution is 2.27. The first-order chi connectivity index (χ1) is 11.4. The first-order valence-corrected chi connectivity index (χ1v) is 9.10. The number of likely N-dealkylation sites (tertiary alicyclic amines) is 1. The van der Waals surface area contributed by atoms with E-state index < -0.39 is 11.2 Å². The molecule has 2 saturated heterocycles. The average Bonchev–Trinajstić information content (AvgIpc) is 2.44. The van der Waals surface area contributed by atoms with Gasteiger partial charge >= 0.3 is 12.2 Å². The van der Waals surface area contributed by atoms with Crippen molar-refractivity contribution in [3.63, 3.8) is 0 Å². The minimum absolute atomic E-state index is 0.145. The summed E-state index contributed by atoms with van der Waals surface area (Å²) in [6.07, 6.45) is 1.07. The first kappa shape index (κ1) is 19.8. The molecule has 0 aromatic heterocycles. The van der Waals surface area contributed by atoms with Gasteiger partial charge in [0.2, 0.25) is 0 Å². The van der Waals surface area contributed by atoms with Gasteiger partial charge in [-0.15, -0.1) is 0 Å². The van der Waals surface area contributed by atoms with Crippen LogP contribution in [0.25, 0.3) is 0 Å². The SMILES string of the molecule is CC(C)(C)OC(=O)N1CCC2(CC1)CN(C(=O)OC(C)(C)C)CCN2. The Kier molecular flexibility index (Phi) is 5.56. The zero-order valence-corrected chi connectivity index (χ0v) is 16.5. The molecule has 0 aromatic carbocycles. The fourth-order valence-corrected chi connectivity index (χ4v) is 3.22. The molecule has 0 radical (unpaired) electrons. The number of rotatable bonds is 0. The van der Waals surface area contributed by atoms with Crippen molar-refractivity contribution in [2.45, 2.75) is 71.1 Å². The molecule has 2 heterocycles. The Balaban J connectivity index is 1.91. The lowest BCUT2D eigenvalue weighted by Crippen LogP contribution is -2.65. The van der Waals surface area contributed by atoms with E-state index in [0.717, 1.165) is 19.4 Å². The normalized spacial score (nSPS) is 21.2. The molecule has 2 amide bonds. The quantitative estimate of drug-likeness (QED) is 0.723. The van der Waals surface area contributed by atoms with E-state index in [2.05, 4.69) is 5.32 Å². The number of hydrogen-bond donors (Lipinski definition) is 1. The van der Waals surface area contributed by atoms with Crippen molar-refractivity contribution >= 4 is 12.2 Å². The monoisotopic (exact) mass is 355 g/mol. The second-order valence-electron chi connectivity index (χ2n) is 9.08. The highest BCUT2D eigenvalue weighted by atomic mass is 16.6. The lowest BCUT2D eigenvalue weighted by molar-refractivity contribution is -0.00537. The van der Waals surface area contributed by atoms with Gasteiger partial charge in [0.1, 0.15) is 11.2 Å². The Bertz CT molecular complexity index is 499. The van der Waals surface area contributed by atoms with Crippen LogP contribution in [0.3, 0.4) is 0 Å². The van der Waals surface area contributed by atoms with Crippen molar-refractivity contribution in [3.05, 3.63) is 0 Å². The van der Waals surface area contributed by atoms with Crippen molar-refractivity contribution in [3.8, 4) is 0 Å². The molecule has 144 valence electrons. The Morgan fingerprint density at radius 2 is 1.32 bits per heavy atom. The molecule has 0 bridgehead atoms. The third-order valence-corrected chi connectivity index (χ3v) is 4.40. The maximum absolute atomic E-state index is 12.4. The van der Waals surface area contributed by atoms with Gasteiger partial charge in [0.15, 0.2) is 0 Å². The van der Waals surface area contributed by atoms with E-state index in [1.807, 2.05) is 41.5 Å². The topological polar surface area (TPSA) is 71.1 Å². The van der Waals surface area contributed by atoms with Gasteiger partial charge in [-0.1, -0.05) is 0 Å². The molecule has 2 aliphatic rings. The minimum Gasteiger partial charge on any atom is -0.444 e. The molecule has 0 atom stereocenters. The van der Waals surface area contributed by atoms with Gasteiger partial charge in [-0.25, -0.2) is 9.59 Å². The van der Waals surface area contributed by atoms with Crippen molar-refractivity contribution in [1.82, 2.24) is 15.1 Å². The van der Waals surface area contributed by atoms with E-state index in [1.54, 1.807) is 9.80 Å². The summed E-state index contributed by atoms with van der Waals surface area (Å²) in [6.45, 7) is 14.5. The standard InChI is InChI=1S/C18H33N3O4/c1-16(2,3)24-14(22)20-10-7-18(8-11-20)13-21(12-9-19-18)15(23)25-17(4,5)6/h19H,7-13H2,1-6H3. The van der Waals surface area contributed by atoms with Gasteiger partial charge in [-0.2, -0.15) is 0 Å². The van der Waals surface area contributed by atoms with Crippen LogP contribution in [0.1, 0.15) is 54.4 Å². The van der Waals surface area contributed by atoms with Crippen LogP contribution in [0, 0.1) is 0 Å². The van der Waals surface area contributed by atoms with Crippen molar-refractivity contribution in [1.29, 1.82) is 0 Å². The second kappa shape index (κ2) is 7.02. The molecule has 2 aliphatic heterocycles. The van der Waals surface area contributed by atoms with Crippen LogP contribution in [0.4, 0.5) is 9.59 Å². The highest BCUT2D eigenvalue weighted by Gasteiger charge is 2.41. The van der Waals surface area contributed by atoms with Crippen LogP contribution in [0.5, 0.6) is 0 Å². The summed E-state index contributed by atoms with van der Waals surface area (Å²) in [7, 11) is 0. The average molecular weight is 355 g/mol. The predicted molar refractivity (Wildman–Crippen MR) is 95.6 cm³/mol. The van der Waals surface area contributed by atoms with E-state index >= 15 is 0 Å². The molecule has 2 fully saturated rings. The smallest absolute Gasteiger partial charge is 0.410 e. The minimum atomic E-state index is -0.491. The molecule has 0 unspecified atom stereocenters. The van der Waals surface area contributed by atoms with Crippen molar-refractivity contribution in [2.75, 3.05) is 32.7 Å². The number of amides is 2. The molecule has 1 spiro atoms. The summed E-state index contributed by atoms with van der Waals surface area (Å²) >= 11 is 0. The van der Waals surface area contributed by atoms with Gasteiger partial charge in [0, 0.05) is 38.3 Å². The number of carbonyl (C=O) groups excluding carboxylic acids is 2. The molecule has 0 aliphatic carbocycles. The maximum atomic E-state index is 12.4. The van der Waals surface area contributed by atoms with Gasteiger partial charge in [-0.3, -0.25) is 0 Å². The Hall–Kier alpha value is -1.50. The van der Waals surface area contributed by atoms with E-state index in [9.17, 15) is 9.59 Å². The van der Waals surface area contributed by atoms with Crippen LogP contribution in [-0.2, 0) is 9.47 Å². The maximum Gasteiger partial charge on any atom is 0.410 e. The Morgan fingerprint density at radius 3 is 1.80 bits per heavy atom. The Morgan fingerprint density at radius 1 is 0.840 bits per heavy atom. The van der Waals surface area contributed by atoms with Gasteiger partial charge in [0.05, 0.1) is 0 Å². The third kappa shape index (κ3) is 5.76. The lowest BCUT2D eigenvalue weighted by atomic mass is 9.85. The van der Waals surface area contributed by atoms with Crippen LogP contribution < -0.4 is 5.32 Å². The van der Waals surface area contributed by atoms with E-state index in [0.29, 0.717) is 26.2 Å². The second-order valence-corrected chi connectivity index (χ2v) is 9.08. The number of ether oxygens (including phenoxy) is 2. The van der Waals surface area contributed by atoms with E-state index in [-0.39, 0.29) is 17.7 Å². The number of piperazine rings is 1. The molecular weight excluding hydrogens is 322 g/mol. The molecular formula is C18H33N3O4. The lowest BCUT2D eigenvalue weighted by Gasteiger charge is -2.48. The zero-order valence-electron chi connectivity index (χ0n) is 16.5.